The minimum absolute atomic E-state index is 0.0226. The quantitative estimate of drug-likeness (QED) is 0.434. The Balaban J connectivity index is 3.46. The highest BCUT2D eigenvalue weighted by molar-refractivity contribution is 7.90. The van der Waals surface area contributed by atoms with Gasteiger partial charge in [-0.1, -0.05) is 0 Å². The van der Waals surface area contributed by atoms with E-state index in [0.717, 1.165) is 0 Å². The molecular weight excluding hydrogens is 407 g/mol. The molecule has 0 saturated carbocycles. The standard InChI is InChI=1S/C11H12F3N3O7S2/c12-11(13,14)6-3-5(1-2-8(6)25(16,21)22)26(23,24)17-7(10(19)20)4-9(15)18/h1-3,7,17H,4H2,(H2,15,18)(H,19,20)(H2,16,21,22)/t7-/m0/s1. The van der Waals surface area contributed by atoms with Crippen molar-refractivity contribution in [2.75, 3.05) is 0 Å². The van der Waals surface area contributed by atoms with E-state index in [1.807, 2.05) is 0 Å². The van der Waals surface area contributed by atoms with Crippen molar-refractivity contribution in [2.45, 2.75) is 28.4 Å². The minimum Gasteiger partial charge on any atom is -0.480 e. The average Bonchev–Trinajstić information content (AvgIpc) is 2.43. The summed E-state index contributed by atoms with van der Waals surface area (Å²) in [7, 11) is -9.69. The number of hydrogen-bond donors (Lipinski definition) is 4. The first-order chi connectivity index (χ1) is 11.6. The van der Waals surface area contributed by atoms with E-state index in [-0.39, 0.29) is 6.07 Å². The van der Waals surface area contributed by atoms with Crippen molar-refractivity contribution in [3.05, 3.63) is 23.8 Å². The van der Waals surface area contributed by atoms with Crippen LogP contribution in [0.1, 0.15) is 12.0 Å². The van der Waals surface area contributed by atoms with Gasteiger partial charge in [0.05, 0.1) is 21.8 Å². The van der Waals surface area contributed by atoms with E-state index in [9.17, 15) is 39.6 Å². The average molecular weight is 419 g/mol. The van der Waals surface area contributed by atoms with Crippen LogP contribution in [0.3, 0.4) is 0 Å². The molecule has 0 spiro atoms. The summed E-state index contributed by atoms with van der Waals surface area (Å²) in [6.07, 6.45) is -6.23. The highest BCUT2D eigenvalue weighted by Crippen LogP contribution is 2.35. The predicted molar refractivity (Wildman–Crippen MR) is 78.4 cm³/mol. The molecule has 146 valence electrons. The molecule has 1 aromatic rings. The van der Waals surface area contributed by atoms with Gasteiger partial charge in [0.2, 0.25) is 26.0 Å². The fourth-order valence-electron chi connectivity index (χ4n) is 1.78. The van der Waals surface area contributed by atoms with E-state index in [4.69, 9.17) is 10.8 Å². The molecule has 0 bridgehead atoms. The van der Waals surface area contributed by atoms with E-state index in [2.05, 4.69) is 5.14 Å². The molecule has 0 aliphatic rings. The Morgan fingerprint density at radius 1 is 1.19 bits per heavy atom. The second kappa shape index (κ2) is 7.18. The first-order valence-corrected chi connectivity index (χ1v) is 9.36. The lowest BCUT2D eigenvalue weighted by Crippen LogP contribution is -2.43. The lowest BCUT2D eigenvalue weighted by molar-refractivity contribution is -0.141. The number of primary amides is 1. The molecule has 1 atom stereocenters. The van der Waals surface area contributed by atoms with Gasteiger partial charge >= 0.3 is 12.1 Å². The number of carbonyl (C=O) groups is 2. The Morgan fingerprint density at radius 2 is 1.73 bits per heavy atom. The number of carbonyl (C=O) groups excluding carboxylic acids is 1. The Morgan fingerprint density at radius 3 is 2.12 bits per heavy atom. The minimum atomic E-state index is -5.27. The van der Waals surface area contributed by atoms with E-state index >= 15 is 0 Å². The van der Waals surface area contributed by atoms with Crippen LogP contribution in [0.2, 0.25) is 0 Å². The van der Waals surface area contributed by atoms with Gasteiger partial charge in [0.15, 0.2) is 0 Å². The summed E-state index contributed by atoms with van der Waals surface area (Å²) in [6.45, 7) is 0. The third-order valence-electron chi connectivity index (χ3n) is 2.87. The van der Waals surface area contributed by atoms with Crippen LogP contribution in [0.5, 0.6) is 0 Å². The normalized spacial score (nSPS) is 14.0. The number of alkyl halides is 3. The third-order valence-corrected chi connectivity index (χ3v) is 5.31. The Kier molecular flexibility index (Phi) is 6.02. The van der Waals surface area contributed by atoms with Gasteiger partial charge in [0.25, 0.3) is 0 Å². The number of amides is 1. The molecule has 6 N–H and O–H groups in total. The monoisotopic (exact) mass is 419 g/mol. The summed E-state index contributed by atoms with van der Waals surface area (Å²) in [4.78, 5) is 19.3. The van der Waals surface area contributed by atoms with Crippen molar-refractivity contribution in [2.24, 2.45) is 10.9 Å². The highest BCUT2D eigenvalue weighted by atomic mass is 32.2. The second-order valence-corrected chi connectivity index (χ2v) is 8.13. The zero-order valence-electron chi connectivity index (χ0n) is 12.5. The summed E-state index contributed by atoms with van der Waals surface area (Å²) < 4.78 is 87.2. The van der Waals surface area contributed by atoms with Crippen molar-refractivity contribution < 1.29 is 44.7 Å². The number of nitrogens with two attached hydrogens (primary N) is 2. The number of carboxylic acid groups (broad SMARTS) is 1. The fraction of sp³-hybridized carbons (Fsp3) is 0.273. The highest BCUT2D eigenvalue weighted by Gasteiger charge is 2.38. The molecule has 0 fully saturated rings. The number of sulfonamides is 2. The molecule has 0 saturated heterocycles. The molecule has 26 heavy (non-hydrogen) atoms. The number of nitrogens with one attached hydrogen (secondary N) is 1. The molecule has 0 heterocycles. The zero-order chi connectivity index (χ0) is 20.5. The van der Waals surface area contributed by atoms with Crippen LogP contribution in [0.25, 0.3) is 0 Å². The number of primary sulfonamides is 1. The zero-order valence-corrected chi connectivity index (χ0v) is 14.2. The van der Waals surface area contributed by atoms with Crippen molar-refractivity contribution in [3.8, 4) is 0 Å². The molecule has 0 unspecified atom stereocenters. The maximum atomic E-state index is 13.0. The lowest BCUT2D eigenvalue weighted by atomic mass is 10.2. The SMILES string of the molecule is NC(=O)C[C@H](NS(=O)(=O)c1ccc(S(N)(=O)=O)c(C(F)(F)F)c1)C(=O)O. The van der Waals surface area contributed by atoms with E-state index in [0.29, 0.717) is 12.1 Å². The van der Waals surface area contributed by atoms with Crippen LogP contribution >= 0.6 is 0 Å². The second-order valence-electron chi connectivity index (χ2n) is 4.88. The van der Waals surface area contributed by atoms with E-state index < -0.39 is 65.9 Å². The van der Waals surface area contributed by atoms with Gasteiger partial charge in [-0.05, 0) is 18.2 Å². The number of hydrogen-bond acceptors (Lipinski definition) is 6. The van der Waals surface area contributed by atoms with Crippen LogP contribution in [-0.2, 0) is 35.8 Å². The van der Waals surface area contributed by atoms with Crippen molar-refractivity contribution >= 4 is 31.9 Å². The topological polar surface area (TPSA) is 187 Å². The van der Waals surface area contributed by atoms with Gasteiger partial charge in [-0.2, -0.15) is 17.9 Å². The Bertz CT molecular complexity index is 942. The summed E-state index contributed by atoms with van der Waals surface area (Å²) in [5.74, 6) is -2.98. The van der Waals surface area contributed by atoms with Gasteiger partial charge in [-0.15, -0.1) is 0 Å². The molecule has 15 heteroatoms. The van der Waals surface area contributed by atoms with Crippen molar-refractivity contribution in [1.29, 1.82) is 0 Å². The molecule has 0 aliphatic carbocycles. The molecule has 0 aliphatic heterocycles. The predicted octanol–water partition coefficient (Wildman–Crippen LogP) is -1.04. The number of aliphatic carboxylic acids is 1. The summed E-state index contributed by atoms with van der Waals surface area (Å²) in [5.41, 5.74) is 2.91. The Hall–Kier alpha value is -2.23. The van der Waals surface area contributed by atoms with Gasteiger partial charge in [-0.25, -0.2) is 22.0 Å². The van der Waals surface area contributed by atoms with Gasteiger partial charge in [-0.3, -0.25) is 9.59 Å². The van der Waals surface area contributed by atoms with E-state index in [1.54, 1.807) is 0 Å². The molecule has 0 aromatic heterocycles. The van der Waals surface area contributed by atoms with Crippen LogP contribution in [0.4, 0.5) is 13.2 Å². The maximum Gasteiger partial charge on any atom is 0.417 e. The van der Waals surface area contributed by atoms with Crippen LogP contribution < -0.4 is 15.6 Å². The molecule has 10 nitrogen and oxygen atoms in total. The van der Waals surface area contributed by atoms with Crippen molar-refractivity contribution in [1.82, 2.24) is 4.72 Å². The number of halogens is 3. The van der Waals surface area contributed by atoms with Crippen molar-refractivity contribution in [3.63, 3.8) is 0 Å². The molecule has 0 radical (unpaired) electrons. The summed E-state index contributed by atoms with van der Waals surface area (Å²) in [5, 5.41) is 13.5. The van der Waals surface area contributed by atoms with Gasteiger partial charge < -0.3 is 10.8 Å². The number of benzene rings is 1. The molecule has 1 aromatic carbocycles. The first-order valence-electron chi connectivity index (χ1n) is 6.33. The first kappa shape index (κ1) is 21.8. The smallest absolute Gasteiger partial charge is 0.417 e. The largest absolute Gasteiger partial charge is 0.480 e. The van der Waals surface area contributed by atoms with E-state index in [1.165, 1.54) is 4.72 Å². The molecular formula is C11H12F3N3O7S2. The lowest BCUT2D eigenvalue weighted by Gasteiger charge is -2.16. The summed E-state index contributed by atoms with van der Waals surface area (Å²) in [6, 6.07) is -1.26. The molecule has 1 rings (SSSR count). The number of carboxylic acids is 1. The molecule has 1 amide bonds. The summed E-state index contributed by atoms with van der Waals surface area (Å²) >= 11 is 0. The van der Waals surface area contributed by atoms with Crippen LogP contribution in [0.15, 0.2) is 28.0 Å². The van der Waals surface area contributed by atoms with Gasteiger partial charge in [0, 0.05) is 0 Å². The Labute approximate surface area is 145 Å². The van der Waals surface area contributed by atoms with Crippen LogP contribution in [-0.4, -0.2) is 39.9 Å². The maximum absolute atomic E-state index is 13.0. The fourth-order valence-corrected chi connectivity index (χ4v) is 3.74. The third kappa shape index (κ3) is 5.38. The van der Waals surface area contributed by atoms with Crippen LogP contribution in [0, 0.1) is 0 Å². The van der Waals surface area contributed by atoms with Gasteiger partial charge in [0.1, 0.15) is 6.04 Å². The number of rotatable bonds is 7.